The van der Waals surface area contributed by atoms with Crippen molar-refractivity contribution in [2.24, 2.45) is 5.41 Å². The van der Waals surface area contributed by atoms with Gasteiger partial charge >= 0.3 is 6.18 Å². The Hall–Kier alpha value is -1.60. The van der Waals surface area contributed by atoms with Crippen LogP contribution in [0.1, 0.15) is 35.2 Å². The first-order valence-corrected chi connectivity index (χ1v) is 8.17. The number of alkyl halides is 3. The molecule has 0 saturated carbocycles. The first-order valence-electron chi connectivity index (χ1n) is 8.17. The lowest BCUT2D eigenvalue weighted by Gasteiger charge is -2.48. The second-order valence-electron chi connectivity index (χ2n) is 6.75. The minimum atomic E-state index is -4.41. The van der Waals surface area contributed by atoms with E-state index in [9.17, 15) is 23.1 Å². The highest BCUT2D eigenvalue weighted by atomic mass is 19.4. The fourth-order valence-electron chi connectivity index (χ4n) is 3.73. The molecule has 1 aromatic carbocycles. The molecule has 1 aromatic rings. The zero-order chi connectivity index (χ0) is 17.4. The third-order valence-corrected chi connectivity index (χ3v) is 5.13. The van der Waals surface area contributed by atoms with E-state index < -0.39 is 17.8 Å². The van der Waals surface area contributed by atoms with Crippen molar-refractivity contribution in [2.45, 2.75) is 31.5 Å². The van der Waals surface area contributed by atoms with E-state index >= 15 is 0 Å². The highest BCUT2D eigenvalue weighted by molar-refractivity contribution is 5.94. The van der Waals surface area contributed by atoms with Crippen molar-refractivity contribution in [3.8, 4) is 0 Å². The largest absolute Gasteiger partial charge is 0.416 e. The fraction of sp³-hybridized carbons (Fsp3) is 0.588. The summed E-state index contributed by atoms with van der Waals surface area (Å²) in [6.45, 7) is 2.41. The minimum Gasteiger partial charge on any atom is -0.392 e. The highest BCUT2D eigenvalue weighted by Crippen LogP contribution is 2.37. The summed E-state index contributed by atoms with van der Waals surface area (Å²) in [7, 11) is 0. The number of hydrogen-bond donors (Lipinski definition) is 2. The van der Waals surface area contributed by atoms with E-state index in [2.05, 4.69) is 5.32 Å². The van der Waals surface area contributed by atoms with E-state index in [4.69, 9.17) is 0 Å². The lowest BCUT2D eigenvalue weighted by molar-refractivity contribution is -0.137. The number of aliphatic hydroxyl groups is 1. The van der Waals surface area contributed by atoms with Gasteiger partial charge in [0.2, 0.25) is 0 Å². The van der Waals surface area contributed by atoms with Crippen LogP contribution in [0, 0.1) is 5.41 Å². The van der Waals surface area contributed by atoms with Gasteiger partial charge in [0, 0.05) is 30.6 Å². The van der Waals surface area contributed by atoms with Gasteiger partial charge in [0.1, 0.15) is 0 Å². The SMILES string of the molecule is O=C(c1ccc(C(F)(F)F)cc1)N1CCC[C@]2(CNCC[C@@H]2O)C1. The quantitative estimate of drug-likeness (QED) is 0.823. The maximum Gasteiger partial charge on any atom is 0.416 e. The molecule has 0 unspecified atom stereocenters. The predicted molar refractivity (Wildman–Crippen MR) is 82.5 cm³/mol. The Kier molecular flexibility index (Phi) is 4.57. The Balaban J connectivity index is 1.75. The van der Waals surface area contributed by atoms with E-state index in [1.54, 1.807) is 4.90 Å². The van der Waals surface area contributed by atoms with Gasteiger partial charge in [0.15, 0.2) is 0 Å². The van der Waals surface area contributed by atoms with E-state index in [0.717, 1.165) is 31.5 Å². The normalized spacial score (nSPS) is 28.2. The van der Waals surface area contributed by atoms with E-state index in [1.807, 2.05) is 0 Å². The molecule has 24 heavy (non-hydrogen) atoms. The van der Waals surface area contributed by atoms with Crippen LogP contribution in [0.5, 0.6) is 0 Å². The summed E-state index contributed by atoms with van der Waals surface area (Å²) in [5.74, 6) is -0.277. The number of nitrogens with zero attached hydrogens (tertiary/aromatic N) is 1. The number of hydrogen-bond acceptors (Lipinski definition) is 3. The van der Waals surface area contributed by atoms with Crippen molar-refractivity contribution in [1.29, 1.82) is 0 Å². The molecule has 4 nitrogen and oxygen atoms in total. The molecule has 2 aliphatic rings. The first-order chi connectivity index (χ1) is 11.3. The second kappa shape index (κ2) is 6.37. The summed E-state index contributed by atoms with van der Waals surface area (Å²) in [5, 5.41) is 13.7. The zero-order valence-corrected chi connectivity index (χ0v) is 13.3. The van der Waals surface area contributed by atoms with Gasteiger partial charge in [0.25, 0.3) is 5.91 Å². The summed E-state index contributed by atoms with van der Waals surface area (Å²) in [6, 6.07) is 4.32. The molecular weight excluding hydrogens is 321 g/mol. The lowest BCUT2D eigenvalue weighted by Crippen LogP contribution is -2.58. The third-order valence-electron chi connectivity index (χ3n) is 5.13. The molecule has 0 aromatic heterocycles. The Morgan fingerprint density at radius 3 is 2.62 bits per heavy atom. The van der Waals surface area contributed by atoms with Crippen molar-refractivity contribution >= 4 is 5.91 Å². The van der Waals surface area contributed by atoms with Gasteiger partial charge in [0.05, 0.1) is 11.7 Å². The summed E-state index contributed by atoms with van der Waals surface area (Å²) < 4.78 is 37.9. The molecule has 0 radical (unpaired) electrons. The van der Waals surface area contributed by atoms with Crippen molar-refractivity contribution in [3.05, 3.63) is 35.4 Å². The van der Waals surface area contributed by atoms with E-state index in [-0.39, 0.29) is 16.9 Å². The number of benzene rings is 1. The van der Waals surface area contributed by atoms with Crippen LogP contribution in [0.4, 0.5) is 13.2 Å². The van der Waals surface area contributed by atoms with Crippen molar-refractivity contribution < 1.29 is 23.1 Å². The maximum atomic E-state index is 12.6. The number of rotatable bonds is 1. The van der Waals surface area contributed by atoms with Crippen LogP contribution in [0.25, 0.3) is 0 Å². The van der Waals surface area contributed by atoms with Crippen LogP contribution in [0.15, 0.2) is 24.3 Å². The molecule has 132 valence electrons. The average molecular weight is 342 g/mol. The smallest absolute Gasteiger partial charge is 0.392 e. The molecule has 1 spiro atoms. The number of carbonyl (C=O) groups excluding carboxylic acids is 1. The Morgan fingerprint density at radius 1 is 1.29 bits per heavy atom. The van der Waals surface area contributed by atoms with Crippen LogP contribution in [0.3, 0.4) is 0 Å². The summed E-state index contributed by atoms with van der Waals surface area (Å²) in [5.41, 5.74) is -0.864. The van der Waals surface area contributed by atoms with Crippen molar-refractivity contribution in [1.82, 2.24) is 10.2 Å². The molecule has 2 saturated heterocycles. The summed E-state index contributed by atoms with van der Waals surface area (Å²) >= 11 is 0. The van der Waals surface area contributed by atoms with Crippen LogP contribution >= 0.6 is 0 Å². The third kappa shape index (κ3) is 3.28. The monoisotopic (exact) mass is 342 g/mol. The average Bonchev–Trinajstić information content (AvgIpc) is 2.57. The number of carbonyl (C=O) groups is 1. The molecule has 2 aliphatic heterocycles. The van der Waals surface area contributed by atoms with E-state index in [0.29, 0.717) is 26.1 Å². The zero-order valence-electron chi connectivity index (χ0n) is 13.3. The van der Waals surface area contributed by atoms with Crippen molar-refractivity contribution in [3.63, 3.8) is 0 Å². The number of aliphatic hydroxyl groups excluding tert-OH is 1. The van der Waals surface area contributed by atoms with Crippen LogP contribution in [-0.4, -0.2) is 48.2 Å². The van der Waals surface area contributed by atoms with Gasteiger partial charge in [-0.05, 0) is 50.1 Å². The van der Waals surface area contributed by atoms with Gasteiger partial charge in [-0.1, -0.05) is 0 Å². The van der Waals surface area contributed by atoms with Gasteiger partial charge < -0.3 is 15.3 Å². The topological polar surface area (TPSA) is 52.6 Å². The second-order valence-corrected chi connectivity index (χ2v) is 6.75. The van der Waals surface area contributed by atoms with Crippen LogP contribution in [0.2, 0.25) is 0 Å². The number of piperidine rings is 2. The molecule has 0 bridgehead atoms. The molecule has 0 aliphatic carbocycles. The van der Waals surface area contributed by atoms with Crippen LogP contribution < -0.4 is 5.32 Å². The summed E-state index contributed by atoms with van der Waals surface area (Å²) in [4.78, 5) is 14.3. The molecule has 3 rings (SSSR count). The molecule has 2 N–H and O–H groups in total. The standard InChI is InChI=1S/C17H21F3N2O2/c18-17(19,20)13-4-2-12(3-5-13)15(24)22-9-1-7-16(11-22)10-21-8-6-14(16)23/h2-5,14,21,23H,1,6-11H2/t14-,16-/m0/s1. The number of halogens is 3. The molecule has 2 fully saturated rings. The Bertz CT molecular complexity index is 599. The molecular formula is C17H21F3N2O2. The first kappa shape index (κ1) is 17.2. The predicted octanol–water partition coefficient (Wildman–Crippen LogP) is 2.28. The maximum absolute atomic E-state index is 12.6. The minimum absolute atomic E-state index is 0.248. The molecule has 2 heterocycles. The number of amides is 1. The van der Waals surface area contributed by atoms with Gasteiger partial charge in [-0.2, -0.15) is 13.2 Å². The molecule has 2 atom stereocenters. The highest BCUT2D eigenvalue weighted by Gasteiger charge is 2.44. The Labute approximate surface area is 138 Å². The number of likely N-dealkylation sites (tertiary alicyclic amines) is 1. The lowest BCUT2D eigenvalue weighted by atomic mass is 9.72. The van der Waals surface area contributed by atoms with Crippen molar-refractivity contribution in [2.75, 3.05) is 26.2 Å². The van der Waals surface area contributed by atoms with Gasteiger partial charge in [-0.3, -0.25) is 4.79 Å². The van der Waals surface area contributed by atoms with Crippen LogP contribution in [-0.2, 0) is 6.18 Å². The van der Waals surface area contributed by atoms with E-state index in [1.165, 1.54) is 12.1 Å². The van der Waals surface area contributed by atoms with Gasteiger partial charge in [-0.25, -0.2) is 0 Å². The Morgan fingerprint density at radius 2 is 2.00 bits per heavy atom. The molecule has 1 amide bonds. The molecule has 7 heteroatoms. The fourth-order valence-corrected chi connectivity index (χ4v) is 3.73. The van der Waals surface area contributed by atoms with Gasteiger partial charge in [-0.15, -0.1) is 0 Å². The summed E-state index contributed by atoms with van der Waals surface area (Å²) in [6.07, 6.45) is -2.58. The number of nitrogens with one attached hydrogen (secondary N) is 1.